The maximum absolute atomic E-state index is 5.47. The van der Waals surface area contributed by atoms with Gasteiger partial charge in [-0.3, -0.25) is 0 Å². The lowest BCUT2D eigenvalue weighted by atomic mass is 10.1. The molecule has 0 amide bonds. The molecular formula is C15H24N2O2. The summed E-state index contributed by atoms with van der Waals surface area (Å²) in [7, 11) is 1.69. The van der Waals surface area contributed by atoms with Crippen molar-refractivity contribution in [2.24, 2.45) is 0 Å². The number of hydrogen-bond donors (Lipinski definition) is 2. The molecule has 2 atom stereocenters. The Labute approximate surface area is 115 Å². The highest BCUT2D eigenvalue weighted by atomic mass is 16.5. The van der Waals surface area contributed by atoms with Crippen molar-refractivity contribution in [1.82, 2.24) is 10.6 Å². The van der Waals surface area contributed by atoms with Gasteiger partial charge in [0.1, 0.15) is 5.75 Å². The minimum atomic E-state index is 0.473. The van der Waals surface area contributed by atoms with Crippen LogP contribution in [0.15, 0.2) is 24.3 Å². The molecule has 0 radical (unpaired) electrons. The van der Waals surface area contributed by atoms with Crippen LogP contribution in [0.1, 0.15) is 18.9 Å². The van der Waals surface area contributed by atoms with E-state index in [1.54, 1.807) is 7.11 Å². The van der Waals surface area contributed by atoms with Crippen LogP contribution in [-0.4, -0.2) is 39.0 Å². The number of methoxy groups -OCH3 is 1. The summed E-state index contributed by atoms with van der Waals surface area (Å²) < 4.78 is 10.6. The maximum atomic E-state index is 5.47. The zero-order valence-corrected chi connectivity index (χ0v) is 11.8. The van der Waals surface area contributed by atoms with E-state index >= 15 is 0 Å². The van der Waals surface area contributed by atoms with Gasteiger partial charge in [-0.25, -0.2) is 0 Å². The van der Waals surface area contributed by atoms with E-state index in [0.29, 0.717) is 12.1 Å². The summed E-state index contributed by atoms with van der Waals surface area (Å²) in [6.45, 7) is 5.74. The van der Waals surface area contributed by atoms with E-state index in [0.717, 1.165) is 38.5 Å². The summed E-state index contributed by atoms with van der Waals surface area (Å²) in [5, 5.41) is 7.03. The zero-order valence-electron chi connectivity index (χ0n) is 11.8. The summed E-state index contributed by atoms with van der Waals surface area (Å²) in [6, 6.07) is 9.14. The highest BCUT2D eigenvalue weighted by Crippen LogP contribution is 2.11. The molecule has 0 saturated carbocycles. The SMILES string of the molecule is COc1ccc(CNC(C)CC2COCCN2)cc1. The van der Waals surface area contributed by atoms with Crippen LogP contribution in [0.5, 0.6) is 5.75 Å². The predicted octanol–water partition coefficient (Wildman–Crippen LogP) is 1.55. The third-order valence-corrected chi connectivity index (χ3v) is 3.45. The van der Waals surface area contributed by atoms with Gasteiger partial charge in [-0.15, -0.1) is 0 Å². The number of rotatable bonds is 6. The van der Waals surface area contributed by atoms with Crippen molar-refractivity contribution in [3.63, 3.8) is 0 Å². The van der Waals surface area contributed by atoms with Crippen LogP contribution in [-0.2, 0) is 11.3 Å². The van der Waals surface area contributed by atoms with Crippen LogP contribution in [0.4, 0.5) is 0 Å². The van der Waals surface area contributed by atoms with E-state index in [-0.39, 0.29) is 0 Å². The van der Waals surface area contributed by atoms with Crippen LogP contribution in [0.3, 0.4) is 0 Å². The topological polar surface area (TPSA) is 42.5 Å². The summed E-state index contributed by atoms with van der Waals surface area (Å²) in [4.78, 5) is 0. The summed E-state index contributed by atoms with van der Waals surface area (Å²) >= 11 is 0. The Hall–Kier alpha value is -1.10. The highest BCUT2D eigenvalue weighted by molar-refractivity contribution is 5.27. The Balaban J connectivity index is 1.71. The predicted molar refractivity (Wildman–Crippen MR) is 76.5 cm³/mol. The second-order valence-corrected chi connectivity index (χ2v) is 5.09. The van der Waals surface area contributed by atoms with Crippen molar-refractivity contribution in [1.29, 1.82) is 0 Å². The van der Waals surface area contributed by atoms with E-state index in [2.05, 4.69) is 29.7 Å². The van der Waals surface area contributed by atoms with Gasteiger partial charge in [-0.1, -0.05) is 12.1 Å². The molecular weight excluding hydrogens is 240 g/mol. The van der Waals surface area contributed by atoms with Crippen molar-refractivity contribution < 1.29 is 9.47 Å². The first kappa shape index (κ1) is 14.3. The number of nitrogens with one attached hydrogen (secondary N) is 2. The lowest BCUT2D eigenvalue weighted by Crippen LogP contribution is -2.44. The third-order valence-electron chi connectivity index (χ3n) is 3.45. The van der Waals surface area contributed by atoms with Crippen LogP contribution >= 0.6 is 0 Å². The summed E-state index contributed by atoms with van der Waals surface area (Å²) in [6.07, 6.45) is 1.09. The molecule has 0 aromatic heterocycles. The van der Waals surface area contributed by atoms with Crippen LogP contribution in [0.25, 0.3) is 0 Å². The Morgan fingerprint density at radius 1 is 1.42 bits per heavy atom. The molecule has 1 aromatic rings. The largest absolute Gasteiger partial charge is 0.497 e. The normalized spacial score (nSPS) is 21.1. The second kappa shape index (κ2) is 7.48. The van der Waals surface area contributed by atoms with Crippen molar-refractivity contribution in [3.8, 4) is 5.75 Å². The molecule has 1 fully saturated rings. The number of ether oxygens (including phenoxy) is 2. The summed E-state index contributed by atoms with van der Waals surface area (Å²) in [5.41, 5.74) is 1.28. The van der Waals surface area contributed by atoms with E-state index in [1.165, 1.54) is 5.56 Å². The highest BCUT2D eigenvalue weighted by Gasteiger charge is 2.15. The minimum absolute atomic E-state index is 0.473. The molecule has 2 N–H and O–H groups in total. The summed E-state index contributed by atoms with van der Waals surface area (Å²) in [5.74, 6) is 0.903. The standard InChI is InChI=1S/C15H24N2O2/c1-12(9-14-11-19-8-7-16-14)17-10-13-3-5-15(18-2)6-4-13/h3-6,12,14,16-17H,7-11H2,1-2H3. The fourth-order valence-electron chi connectivity index (χ4n) is 2.32. The molecule has 2 unspecified atom stereocenters. The number of benzene rings is 1. The molecule has 106 valence electrons. The average molecular weight is 264 g/mol. The van der Waals surface area contributed by atoms with Crippen molar-refractivity contribution in [3.05, 3.63) is 29.8 Å². The van der Waals surface area contributed by atoms with Gasteiger partial charge in [0, 0.05) is 25.2 Å². The second-order valence-electron chi connectivity index (χ2n) is 5.09. The van der Waals surface area contributed by atoms with Gasteiger partial charge in [0.25, 0.3) is 0 Å². The van der Waals surface area contributed by atoms with Gasteiger partial charge in [0.15, 0.2) is 0 Å². The van der Waals surface area contributed by atoms with Gasteiger partial charge < -0.3 is 20.1 Å². The molecule has 1 saturated heterocycles. The van der Waals surface area contributed by atoms with Crippen LogP contribution in [0, 0.1) is 0 Å². The van der Waals surface area contributed by atoms with Crippen LogP contribution in [0.2, 0.25) is 0 Å². The maximum Gasteiger partial charge on any atom is 0.118 e. The minimum Gasteiger partial charge on any atom is -0.497 e. The van der Waals surface area contributed by atoms with E-state index < -0.39 is 0 Å². The first-order valence-electron chi connectivity index (χ1n) is 6.95. The Kier molecular flexibility index (Phi) is 5.63. The molecule has 0 spiro atoms. The Morgan fingerprint density at radius 2 is 2.21 bits per heavy atom. The van der Waals surface area contributed by atoms with E-state index in [4.69, 9.17) is 9.47 Å². The van der Waals surface area contributed by atoms with Crippen molar-refractivity contribution >= 4 is 0 Å². The molecule has 1 aliphatic rings. The molecule has 2 rings (SSSR count). The first-order chi connectivity index (χ1) is 9.28. The van der Waals surface area contributed by atoms with Crippen molar-refractivity contribution in [2.75, 3.05) is 26.9 Å². The van der Waals surface area contributed by atoms with Gasteiger partial charge in [-0.2, -0.15) is 0 Å². The molecule has 1 aromatic carbocycles. The fraction of sp³-hybridized carbons (Fsp3) is 0.600. The molecule has 19 heavy (non-hydrogen) atoms. The lowest BCUT2D eigenvalue weighted by molar-refractivity contribution is 0.0712. The van der Waals surface area contributed by atoms with Gasteiger partial charge >= 0.3 is 0 Å². The first-order valence-corrected chi connectivity index (χ1v) is 6.95. The molecule has 1 aliphatic heterocycles. The van der Waals surface area contributed by atoms with Gasteiger partial charge in [-0.05, 0) is 31.0 Å². The lowest BCUT2D eigenvalue weighted by Gasteiger charge is -2.26. The quantitative estimate of drug-likeness (QED) is 0.818. The third kappa shape index (κ3) is 4.82. The number of morpholine rings is 1. The molecule has 1 heterocycles. The van der Waals surface area contributed by atoms with E-state index in [1.807, 2.05) is 12.1 Å². The number of hydrogen-bond acceptors (Lipinski definition) is 4. The van der Waals surface area contributed by atoms with Crippen molar-refractivity contribution in [2.45, 2.75) is 32.0 Å². The monoisotopic (exact) mass is 264 g/mol. The molecule has 4 heteroatoms. The van der Waals surface area contributed by atoms with Crippen LogP contribution < -0.4 is 15.4 Å². The van der Waals surface area contributed by atoms with Gasteiger partial charge in [0.2, 0.25) is 0 Å². The zero-order chi connectivity index (χ0) is 13.5. The Bertz CT molecular complexity index is 361. The molecule has 0 aliphatic carbocycles. The Morgan fingerprint density at radius 3 is 2.84 bits per heavy atom. The molecule has 4 nitrogen and oxygen atoms in total. The van der Waals surface area contributed by atoms with Gasteiger partial charge in [0.05, 0.1) is 20.3 Å². The smallest absolute Gasteiger partial charge is 0.118 e. The molecule has 0 bridgehead atoms. The fourth-order valence-corrected chi connectivity index (χ4v) is 2.32. The average Bonchev–Trinajstić information content (AvgIpc) is 2.47. The van der Waals surface area contributed by atoms with E-state index in [9.17, 15) is 0 Å².